The third-order valence-electron chi connectivity index (χ3n) is 4.32. The standard InChI is InChI=1S/C18H14ClF2N5O2/c1-17(18(20,21)9-28-16(23)26-17)12-6-11(3-4-13(12)19)25-15(27)14-5-2-10(7-22)8-24-14/h2-6,8H,9H2,1H3,(H2,23,26)(H,25,27). The van der Waals surface area contributed by atoms with Gasteiger partial charge in [-0.25, -0.2) is 9.98 Å². The van der Waals surface area contributed by atoms with Crippen LogP contribution in [-0.2, 0) is 10.3 Å². The molecule has 1 aliphatic rings. The number of benzene rings is 1. The van der Waals surface area contributed by atoms with E-state index in [1.807, 2.05) is 6.07 Å². The molecule has 1 aliphatic heterocycles. The molecule has 0 spiro atoms. The summed E-state index contributed by atoms with van der Waals surface area (Å²) in [5.74, 6) is -3.96. The zero-order chi connectivity index (χ0) is 20.5. The maximum atomic E-state index is 14.6. The molecule has 3 N–H and O–H groups in total. The molecule has 0 bridgehead atoms. The number of nitrogens with zero attached hydrogens (tertiary/aromatic N) is 3. The fourth-order valence-corrected chi connectivity index (χ4v) is 2.96. The first-order valence-electron chi connectivity index (χ1n) is 8.00. The molecule has 0 saturated carbocycles. The van der Waals surface area contributed by atoms with Crippen molar-refractivity contribution in [2.45, 2.75) is 18.4 Å². The summed E-state index contributed by atoms with van der Waals surface area (Å²) in [6, 6.07) is 8.48. The van der Waals surface area contributed by atoms with Crippen molar-refractivity contribution in [3.8, 4) is 6.07 Å². The van der Waals surface area contributed by atoms with Gasteiger partial charge in [-0.15, -0.1) is 0 Å². The summed E-state index contributed by atoms with van der Waals surface area (Å²) in [4.78, 5) is 20.0. The summed E-state index contributed by atoms with van der Waals surface area (Å²) in [6.07, 6.45) is 1.25. The molecule has 3 rings (SSSR count). The number of hydrogen-bond acceptors (Lipinski definition) is 6. The number of aliphatic imine (C=N–C) groups is 1. The molecule has 0 aliphatic carbocycles. The molecular formula is C18H14ClF2N5O2. The van der Waals surface area contributed by atoms with Crippen LogP contribution in [0.25, 0.3) is 0 Å². The van der Waals surface area contributed by atoms with E-state index >= 15 is 0 Å². The molecule has 0 saturated heterocycles. The van der Waals surface area contributed by atoms with Crippen LogP contribution in [0.2, 0.25) is 5.02 Å². The van der Waals surface area contributed by atoms with Crippen molar-refractivity contribution in [3.05, 3.63) is 58.4 Å². The van der Waals surface area contributed by atoms with Gasteiger partial charge in [0.05, 0.1) is 5.56 Å². The molecule has 1 atom stereocenters. The Kier molecular flexibility index (Phi) is 4.91. The lowest BCUT2D eigenvalue weighted by atomic mass is 9.85. The highest BCUT2D eigenvalue weighted by molar-refractivity contribution is 6.31. The zero-order valence-electron chi connectivity index (χ0n) is 14.5. The maximum absolute atomic E-state index is 14.6. The first-order chi connectivity index (χ1) is 13.2. The van der Waals surface area contributed by atoms with E-state index in [1.54, 1.807) is 0 Å². The number of nitrogens with two attached hydrogens (primary N) is 1. The summed E-state index contributed by atoms with van der Waals surface area (Å²) in [6.45, 7) is 0.248. The molecule has 144 valence electrons. The van der Waals surface area contributed by atoms with Crippen molar-refractivity contribution in [1.82, 2.24) is 4.98 Å². The molecular weight excluding hydrogens is 392 g/mol. The zero-order valence-corrected chi connectivity index (χ0v) is 15.3. The molecule has 1 unspecified atom stereocenters. The van der Waals surface area contributed by atoms with Crippen molar-refractivity contribution in [2.75, 3.05) is 11.9 Å². The van der Waals surface area contributed by atoms with Crippen molar-refractivity contribution in [1.29, 1.82) is 5.26 Å². The lowest BCUT2D eigenvalue weighted by Gasteiger charge is -2.38. The van der Waals surface area contributed by atoms with E-state index < -0.39 is 24.0 Å². The highest BCUT2D eigenvalue weighted by Crippen LogP contribution is 2.46. The van der Waals surface area contributed by atoms with E-state index in [4.69, 9.17) is 22.6 Å². The number of halogens is 3. The summed E-state index contributed by atoms with van der Waals surface area (Å²) < 4.78 is 33.8. The number of aromatic nitrogens is 1. The van der Waals surface area contributed by atoms with Crippen molar-refractivity contribution < 1.29 is 18.3 Å². The minimum Gasteiger partial charge on any atom is -0.459 e. The van der Waals surface area contributed by atoms with Crippen LogP contribution in [0, 0.1) is 11.3 Å². The third kappa shape index (κ3) is 3.46. The van der Waals surface area contributed by atoms with Crippen LogP contribution in [0.4, 0.5) is 14.5 Å². The minimum absolute atomic E-state index is 0.0176. The van der Waals surface area contributed by atoms with Gasteiger partial charge in [0.25, 0.3) is 11.9 Å². The SMILES string of the molecule is CC1(c2cc(NC(=O)c3ccc(C#N)cn3)ccc2Cl)N=C(N)OCC1(F)F. The van der Waals surface area contributed by atoms with Gasteiger partial charge in [0.1, 0.15) is 11.8 Å². The molecule has 28 heavy (non-hydrogen) atoms. The second-order valence-electron chi connectivity index (χ2n) is 6.21. The Morgan fingerprint density at radius 3 is 2.79 bits per heavy atom. The number of alkyl halides is 2. The molecule has 10 heteroatoms. The van der Waals surface area contributed by atoms with Gasteiger partial charge >= 0.3 is 5.92 Å². The van der Waals surface area contributed by atoms with Crippen LogP contribution in [0.3, 0.4) is 0 Å². The van der Waals surface area contributed by atoms with Crippen LogP contribution in [0.15, 0.2) is 41.5 Å². The predicted molar refractivity (Wildman–Crippen MR) is 98.2 cm³/mol. The summed E-state index contributed by atoms with van der Waals surface area (Å²) >= 11 is 6.14. The lowest BCUT2D eigenvalue weighted by Crippen LogP contribution is -2.51. The summed E-state index contributed by atoms with van der Waals surface area (Å²) in [7, 11) is 0. The van der Waals surface area contributed by atoms with Crippen LogP contribution >= 0.6 is 11.6 Å². The number of anilines is 1. The topological polar surface area (TPSA) is 113 Å². The highest BCUT2D eigenvalue weighted by Gasteiger charge is 2.56. The smallest absolute Gasteiger partial charge is 0.310 e. The number of pyridine rings is 1. The molecule has 2 heterocycles. The minimum atomic E-state index is -3.38. The monoisotopic (exact) mass is 405 g/mol. The summed E-state index contributed by atoms with van der Waals surface area (Å²) in [5.41, 5.74) is 3.97. The first kappa shape index (κ1) is 19.5. The van der Waals surface area contributed by atoms with Crippen LogP contribution in [0.5, 0.6) is 0 Å². The second kappa shape index (κ2) is 7.05. The summed E-state index contributed by atoms with van der Waals surface area (Å²) in [5, 5.41) is 11.4. The Labute approximate surface area is 163 Å². The van der Waals surface area contributed by atoms with Crippen molar-refractivity contribution in [3.63, 3.8) is 0 Å². The predicted octanol–water partition coefficient (Wildman–Crippen LogP) is 3.05. The Morgan fingerprint density at radius 1 is 1.39 bits per heavy atom. The molecule has 0 fully saturated rings. The van der Waals surface area contributed by atoms with Gasteiger partial charge in [-0.2, -0.15) is 14.0 Å². The number of ether oxygens (including phenoxy) is 1. The molecule has 7 nitrogen and oxygen atoms in total. The Morgan fingerprint density at radius 2 is 2.14 bits per heavy atom. The van der Waals surface area contributed by atoms with E-state index in [9.17, 15) is 13.6 Å². The number of carbonyl (C=O) groups excluding carboxylic acids is 1. The fraction of sp³-hybridized carbons (Fsp3) is 0.222. The van der Waals surface area contributed by atoms with Gasteiger partial charge in [-0.05, 0) is 37.3 Å². The van der Waals surface area contributed by atoms with Gasteiger partial charge in [-0.3, -0.25) is 4.79 Å². The average Bonchev–Trinajstić information content (AvgIpc) is 2.66. The molecule has 0 radical (unpaired) electrons. The fourth-order valence-electron chi connectivity index (χ4n) is 2.66. The number of hydrogen-bond donors (Lipinski definition) is 2. The number of nitrogens with one attached hydrogen (secondary N) is 1. The van der Waals surface area contributed by atoms with E-state index in [-0.39, 0.29) is 28.0 Å². The van der Waals surface area contributed by atoms with Gasteiger partial charge in [0.2, 0.25) is 0 Å². The molecule has 1 amide bonds. The lowest BCUT2D eigenvalue weighted by molar-refractivity contribution is -0.116. The van der Waals surface area contributed by atoms with Gasteiger partial charge in [0, 0.05) is 22.5 Å². The molecule has 1 aromatic carbocycles. The Bertz CT molecular complexity index is 1000. The van der Waals surface area contributed by atoms with Crippen molar-refractivity contribution >= 4 is 29.2 Å². The van der Waals surface area contributed by atoms with E-state index in [1.165, 1.54) is 43.5 Å². The normalized spacial score (nSPS) is 20.5. The van der Waals surface area contributed by atoms with Crippen LogP contribution in [-0.4, -0.2) is 29.4 Å². The van der Waals surface area contributed by atoms with Crippen LogP contribution < -0.4 is 11.1 Å². The largest absolute Gasteiger partial charge is 0.459 e. The van der Waals surface area contributed by atoms with Crippen molar-refractivity contribution in [2.24, 2.45) is 10.7 Å². The third-order valence-corrected chi connectivity index (χ3v) is 4.65. The van der Waals surface area contributed by atoms with Gasteiger partial charge < -0.3 is 15.8 Å². The maximum Gasteiger partial charge on any atom is 0.310 e. The quantitative estimate of drug-likeness (QED) is 0.814. The van der Waals surface area contributed by atoms with Gasteiger partial charge in [-0.1, -0.05) is 11.6 Å². The van der Waals surface area contributed by atoms with E-state index in [0.717, 1.165) is 0 Å². The Hall–Kier alpha value is -3.25. The highest BCUT2D eigenvalue weighted by atomic mass is 35.5. The van der Waals surface area contributed by atoms with E-state index in [0.29, 0.717) is 5.56 Å². The number of nitriles is 1. The number of carbonyl (C=O) groups is 1. The molecule has 1 aromatic heterocycles. The van der Waals surface area contributed by atoms with E-state index in [2.05, 4.69) is 20.0 Å². The number of rotatable bonds is 3. The average molecular weight is 406 g/mol. The Balaban J connectivity index is 1.94. The molecule has 2 aromatic rings. The second-order valence-corrected chi connectivity index (χ2v) is 6.62. The number of amides is 1. The van der Waals surface area contributed by atoms with Gasteiger partial charge in [0.15, 0.2) is 12.1 Å². The first-order valence-corrected chi connectivity index (χ1v) is 8.37. The number of amidine groups is 1. The van der Waals surface area contributed by atoms with Crippen LogP contribution in [0.1, 0.15) is 28.5 Å².